The van der Waals surface area contributed by atoms with Gasteiger partial charge in [-0.15, -0.1) is 0 Å². The van der Waals surface area contributed by atoms with E-state index in [2.05, 4.69) is 5.32 Å². The average Bonchev–Trinajstić information content (AvgIpc) is 2.78. The molecule has 6 nitrogen and oxygen atoms in total. The lowest BCUT2D eigenvalue weighted by Gasteiger charge is -2.21. The van der Waals surface area contributed by atoms with Crippen LogP contribution in [0, 0.1) is 0 Å². The number of fused-ring (bicyclic) bond motifs is 1. The summed E-state index contributed by atoms with van der Waals surface area (Å²) in [5, 5.41) is 13.1. The number of hydrogen-bond donors (Lipinski definition) is 2. The van der Waals surface area contributed by atoms with E-state index in [4.69, 9.17) is 14.2 Å². The number of carbonyl (C=O) groups is 1. The second-order valence-corrected chi connectivity index (χ2v) is 6.92. The Kier molecular flexibility index (Phi) is 5.08. The van der Waals surface area contributed by atoms with E-state index in [0.717, 1.165) is 5.56 Å². The van der Waals surface area contributed by atoms with Crippen molar-refractivity contribution in [2.75, 3.05) is 0 Å². The predicted molar refractivity (Wildman–Crippen MR) is 87.2 cm³/mol. The van der Waals surface area contributed by atoms with Gasteiger partial charge in [-0.1, -0.05) is 30.3 Å². The molecule has 0 bridgehead atoms. The summed E-state index contributed by atoms with van der Waals surface area (Å²) >= 11 is 0. The van der Waals surface area contributed by atoms with Crippen LogP contribution in [-0.4, -0.2) is 41.3 Å². The normalized spacial score (nSPS) is 31.8. The molecule has 1 aromatic rings. The van der Waals surface area contributed by atoms with Gasteiger partial charge in [0.25, 0.3) is 0 Å². The molecule has 1 aliphatic carbocycles. The number of carbonyl (C=O) groups excluding carboxylic acids is 1. The Morgan fingerprint density at radius 1 is 1.29 bits per heavy atom. The molecule has 1 aromatic carbocycles. The molecule has 1 unspecified atom stereocenters. The summed E-state index contributed by atoms with van der Waals surface area (Å²) in [5.41, 5.74) is 0.943. The van der Waals surface area contributed by atoms with Crippen LogP contribution in [0.25, 0.3) is 0 Å². The first-order valence-electron chi connectivity index (χ1n) is 8.44. The van der Waals surface area contributed by atoms with E-state index in [1.807, 2.05) is 44.2 Å². The van der Waals surface area contributed by atoms with Crippen LogP contribution in [0.5, 0.6) is 0 Å². The fraction of sp³-hybridized carbons (Fsp3) is 0.611. The van der Waals surface area contributed by atoms with Crippen molar-refractivity contribution in [3.63, 3.8) is 0 Å². The Hall–Kier alpha value is -1.63. The molecule has 24 heavy (non-hydrogen) atoms. The zero-order chi connectivity index (χ0) is 17.2. The first-order valence-corrected chi connectivity index (χ1v) is 8.44. The van der Waals surface area contributed by atoms with Gasteiger partial charge in [-0.25, -0.2) is 4.79 Å². The fourth-order valence-electron chi connectivity index (χ4n) is 3.37. The van der Waals surface area contributed by atoms with Crippen molar-refractivity contribution in [3.8, 4) is 0 Å². The summed E-state index contributed by atoms with van der Waals surface area (Å²) < 4.78 is 16.9. The maximum atomic E-state index is 12.0. The molecule has 1 saturated carbocycles. The third kappa shape index (κ3) is 4.26. The minimum atomic E-state index is -0.702. The summed E-state index contributed by atoms with van der Waals surface area (Å²) in [6.45, 7) is 3.91. The third-order valence-corrected chi connectivity index (χ3v) is 4.46. The Labute approximate surface area is 142 Å². The van der Waals surface area contributed by atoms with Gasteiger partial charge < -0.3 is 24.6 Å². The van der Waals surface area contributed by atoms with E-state index < -0.39 is 18.0 Å². The first kappa shape index (κ1) is 17.2. The molecule has 1 heterocycles. The lowest BCUT2D eigenvalue weighted by Crippen LogP contribution is -2.38. The molecule has 2 N–H and O–H groups in total. The van der Waals surface area contributed by atoms with Crippen molar-refractivity contribution in [2.24, 2.45) is 0 Å². The molecule has 1 saturated heterocycles. The van der Waals surface area contributed by atoms with Gasteiger partial charge in [-0.2, -0.15) is 0 Å². The van der Waals surface area contributed by atoms with E-state index >= 15 is 0 Å². The second-order valence-electron chi connectivity index (χ2n) is 6.92. The van der Waals surface area contributed by atoms with Crippen LogP contribution in [0.1, 0.15) is 38.7 Å². The molecule has 2 fully saturated rings. The maximum Gasteiger partial charge on any atom is 0.407 e. The molecule has 6 heteroatoms. The quantitative estimate of drug-likeness (QED) is 0.887. The molecule has 0 spiro atoms. The Morgan fingerprint density at radius 2 is 2.04 bits per heavy atom. The van der Waals surface area contributed by atoms with Gasteiger partial charge in [0.05, 0.1) is 12.2 Å². The van der Waals surface area contributed by atoms with Crippen LogP contribution in [0.4, 0.5) is 4.79 Å². The molecule has 1 aliphatic heterocycles. The second kappa shape index (κ2) is 7.09. The summed E-state index contributed by atoms with van der Waals surface area (Å²) in [6, 6.07) is 9.44. The number of alkyl carbamates (subject to hydrolysis) is 1. The number of nitrogens with one attached hydrogen (secondary N) is 1. The molecule has 3 rings (SSSR count). The highest BCUT2D eigenvalue weighted by atomic mass is 16.8. The minimum Gasteiger partial charge on any atom is -0.445 e. The maximum absolute atomic E-state index is 12.0. The van der Waals surface area contributed by atoms with Crippen LogP contribution in [0.3, 0.4) is 0 Å². The summed E-state index contributed by atoms with van der Waals surface area (Å²) in [4.78, 5) is 12.0. The van der Waals surface area contributed by atoms with Crippen LogP contribution in [0.15, 0.2) is 30.3 Å². The highest BCUT2D eigenvalue weighted by molar-refractivity contribution is 5.67. The third-order valence-electron chi connectivity index (χ3n) is 4.46. The smallest absolute Gasteiger partial charge is 0.407 e. The lowest BCUT2D eigenvalue weighted by atomic mass is 10.1. The van der Waals surface area contributed by atoms with Crippen LogP contribution in [0.2, 0.25) is 0 Å². The van der Waals surface area contributed by atoms with Crippen molar-refractivity contribution in [3.05, 3.63) is 35.9 Å². The number of benzene rings is 1. The van der Waals surface area contributed by atoms with Crippen molar-refractivity contribution >= 4 is 6.09 Å². The van der Waals surface area contributed by atoms with E-state index in [1.54, 1.807) is 0 Å². The summed E-state index contributed by atoms with van der Waals surface area (Å²) in [6.07, 6.45) is 0.236. The molecular weight excluding hydrogens is 310 g/mol. The van der Waals surface area contributed by atoms with Gasteiger partial charge in [0.2, 0.25) is 0 Å². The van der Waals surface area contributed by atoms with Gasteiger partial charge in [0.15, 0.2) is 5.79 Å². The molecule has 132 valence electrons. The number of aliphatic hydroxyl groups is 1. The molecule has 2 aliphatic rings. The van der Waals surface area contributed by atoms with E-state index in [-0.39, 0.29) is 24.9 Å². The summed E-state index contributed by atoms with van der Waals surface area (Å²) in [7, 11) is 0. The largest absolute Gasteiger partial charge is 0.445 e. The minimum absolute atomic E-state index is 0.101. The molecule has 4 atom stereocenters. The van der Waals surface area contributed by atoms with Gasteiger partial charge in [-0.05, 0) is 38.7 Å². The van der Waals surface area contributed by atoms with E-state index in [1.165, 1.54) is 0 Å². The average molecular weight is 335 g/mol. The van der Waals surface area contributed by atoms with Crippen molar-refractivity contribution in [1.82, 2.24) is 5.32 Å². The number of amides is 1. The Bertz CT molecular complexity index is 562. The van der Waals surface area contributed by atoms with Gasteiger partial charge in [0, 0.05) is 6.04 Å². The monoisotopic (exact) mass is 335 g/mol. The van der Waals surface area contributed by atoms with E-state index in [0.29, 0.717) is 19.3 Å². The molecule has 1 amide bonds. The van der Waals surface area contributed by atoms with Gasteiger partial charge >= 0.3 is 6.09 Å². The Balaban J connectivity index is 1.52. The number of rotatable bonds is 3. The SMILES string of the molecule is CC1(C)O[C@@H]2C(O)CC[C@@H](NC(=O)OCc3ccccc3)C[C@H]2O1. The zero-order valence-corrected chi connectivity index (χ0v) is 14.1. The first-order chi connectivity index (χ1) is 11.4. The van der Waals surface area contributed by atoms with Crippen LogP contribution >= 0.6 is 0 Å². The lowest BCUT2D eigenvalue weighted by molar-refractivity contribution is -0.157. The predicted octanol–water partition coefficient (Wildman–Crippen LogP) is 2.35. The van der Waals surface area contributed by atoms with E-state index in [9.17, 15) is 9.90 Å². The standard InChI is InChI=1S/C18H25NO5/c1-18(2)23-15-10-13(8-9-14(20)16(15)24-18)19-17(21)22-11-12-6-4-3-5-7-12/h3-7,13-16,20H,8-11H2,1-2H3,(H,19,21)/t13-,14?,15-,16-/m1/s1. The fourth-order valence-corrected chi connectivity index (χ4v) is 3.37. The molecule has 0 aromatic heterocycles. The van der Waals surface area contributed by atoms with Crippen molar-refractivity contribution in [1.29, 1.82) is 0 Å². The molecule has 0 radical (unpaired) electrons. The topological polar surface area (TPSA) is 77.0 Å². The number of aliphatic hydroxyl groups excluding tert-OH is 1. The van der Waals surface area contributed by atoms with Crippen molar-refractivity contribution in [2.45, 2.75) is 69.9 Å². The number of ether oxygens (including phenoxy) is 3. The van der Waals surface area contributed by atoms with Gasteiger partial charge in [-0.3, -0.25) is 0 Å². The van der Waals surface area contributed by atoms with Crippen LogP contribution < -0.4 is 5.32 Å². The van der Waals surface area contributed by atoms with Gasteiger partial charge in [0.1, 0.15) is 12.7 Å². The zero-order valence-electron chi connectivity index (χ0n) is 14.1. The highest BCUT2D eigenvalue weighted by Gasteiger charge is 2.47. The number of hydrogen-bond acceptors (Lipinski definition) is 5. The highest BCUT2D eigenvalue weighted by Crippen LogP contribution is 2.36. The molecular formula is C18H25NO5. The Morgan fingerprint density at radius 3 is 2.79 bits per heavy atom. The van der Waals surface area contributed by atoms with Crippen molar-refractivity contribution < 1.29 is 24.1 Å². The van der Waals surface area contributed by atoms with Crippen LogP contribution in [-0.2, 0) is 20.8 Å². The summed E-state index contributed by atoms with van der Waals surface area (Å²) in [5.74, 6) is -0.702.